The average Bonchev–Trinajstić information content (AvgIpc) is 3.38. The molecule has 1 fully saturated rings. The Morgan fingerprint density at radius 3 is 2.22 bits per heavy atom. The van der Waals surface area contributed by atoms with Crippen molar-refractivity contribution < 1.29 is 31.6 Å². The molecule has 2 heterocycles. The molecule has 2 atom stereocenters. The zero-order valence-electron chi connectivity index (χ0n) is 19.6. The van der Waals surface area contributed by atoms with Gasteiger partial charge in [0.1, 0.15) is 17.3 Å². The molecule has 0 bridgehead atoms. The number of aromatic nitrogens is 2. The Kier molecular flexibility index (Phi) is 6.87. The molecule has 0 amide bonds. The van der Waals surface area contributed by atoms with Crippen LogP contribution in [0.3, 0.4) is 0 Å². The van der Waals surface area contributed by atoms with Crippen LogP contribution in [0.15, 0.2) is 48.5 Å². The van der Waals surface area contributed by atoms with Gasteiger partial charge in [-0.25, -0.2) is 13.6 Å². The third kappa shape index (κ3) is 5.39. The first kappa shape index (κ1) is 26.1. The molecule has 0 saturated carbocycles. The molecule has 0 aliphatic carbocycles. The van der Waals surface area contributed by atoms with E-state index < -0.39 is 35.6 Å². The van der Waals surface area contributed by atoms with Crippen LogP contribution in [0.25, 0.3) is 11.3 Å². The molecular weight excluding hydrogens is 505 g/mol. The van der Waals surface area contributed by atoms with E-state index in [4.69, 9.17) is 11.6 Å². The number of likely N-dealkylation sites (tertiary alicyclic amines) is 1. The van der Waals surface area contributed by atoms with Gasteiger partial charge in [-0.3, -0.25) is 4.90 Å². The van der Waals surface area contributed by atoms with Gasteiger partial charge in [0.25, 0.3) is 0 Å². The second kappa shape index (κ2) is 9.48. The summed E-state index contributed by atoms with van der Waals surface area (Å²) < 4.78 is 67.3. The first-order chi connectivity index (χ1) is 16.7. The summed E-state index contributed by atoms with van der Waals surface area (Å²) in [5.41, 5.74) is 0.752. The van der Waals surface area contributed by atoms with Gasteiger partial charge in [-0.05, 0) is 50.6 Å². The van der Waals surface area contributed by atoms with Crippen molar-refractivity contribution in [2.75, 3.05) is 13.1 Å². The Hall–Kier alpha value is -2.98. The molecule has 1 saturated heterocycles. The van der Waals surface area contributed by atoms with E-state index in [2.05, 4.69) is 14.8 Å². The number of halogens is 6. The topological polar surface area (TPSA) is 47.4 Å². The quantitative estimate of drug-likeness (QED) is 0.392. The van der Waals surface area contributed by atoms with Crippen molar-refractivity contribution in [2.45, 2.75) is 44.3 Å². The Balaban J connectivity index is 1.81. The number of benzene rings is 2. The van der Waals surface area contributed by atoms with Crippen LogP contribution >= 0.6 is 11.6 Å². The maximum atomic E-state index is 14.8. The third-order valence-corrected chi connectivity index (χ3v) is 6.50. The van der Waals surface area contributed by atoms with E-state index in [9.17, 15) is 26.7 Å². The minimum atomic E-state index is -5.24. The number of carbonyl (C=O) groups excluding carboxylic acids is 1. The summed E-state index contributed by atoms with van der Waals surface area (Å²) in [5, 5.41) is 4.60. The predicted molar refractivity (Wildman–Crippen MR) is 123 cm³/mol. The number of carbonyl (C=O) groups is 1. The van der Waals surface area contributed by atoms with Gasteiger partial charge in [0.2, 0.25) is 0 Å². The van der Waals surface area contributed by atoms with Gasteiger partial charge in [0.15, 0.2) is 0 Å². The maximum absolute atomic E-state index is 14.8. The van der Waals surface area contributed by atoms with Gasteiger partial charge < -0.3 is 4.84 Å². The van der Waals surface area contributed by atoms with Gasteiger partial charge in [-0.1, -0.05) is 34.6 Å². The van der Waals surface area contributed by atoms with Gasteiger partial charge >= 0.3 is 12.1 Å². The summed E-state index contributed by atoms with van der Waals surface area (Å²) in [4.78, 5) is 18.8. The normalized spacial score (nSPS) is 19.0. The van der Waals surface area contributed by atoms with Crippen LogP contribution in [0.5, 0.6) is 0 Å². The lowest BCUT2D eigenvalue weighted by atomic mass is 9.86. The Morgan fingerprint density at radius 1 is 1.00 bits per heavy atom. The van der Waals surface area contributed by atoms with Crippen molar-refractivity contribution in [1.29, 1.82) is 0 Å². The molecule has 0 spiro atoms. The van der Waals surface area contributed by atoms with Gasteiger partial charge in [-0.2, -0.15) is 13.2 Å². The highest BCUT2D eigenvalue weighted by Gasteiger charge is 2.44. The van der Waals surface area contributed by atoms with Gasteiger partial charge in [-0.15, -0.1) is 5.10 Å². The smallest absolute Gasteiger partial charge is 0.309 e. The molecule has 36 heavy (non-hydrogen) atoms. The lowest BCUT2D eigenvalue weighted by Gasteiger charge is -2.31. The zero-order chi connectivity index (χ0) is 26.4. The fourth-order valence-corrected chi connectivity index (χ4v) is 4.47. The second-order valence-corrected chi connectivity index (χ2v) is 10.1. The van der Waals surface area contributed by atoms with E-state index in [0.717, 1.165) is 12.1 Å². The number of alkyl halides is 3. The molecule has 1 aliphatic heterocycles. The Morgan fingerprint density at radius 2 is 1.64 bits per heavy atom. The summed E-state index contributed by atoms with van der Waals surface area (Å²) in [6.45, 7) is 6.75. The number of nitrogens with zero attached hydrogens (tertiary/aromatic N) is 3. The minimum absolute atomic E-state index is 0.0896. The summed E-state index contributed by atoms with van der Waals surface area (Å²) in [5.74, 6) is -4.84. The summed E-state index contributed by atoms with van der Waals surface area (Å²) in [7, 11) is 0. The first-order valence-electron chi connectivity index (χ1n) is 11.1. The summed E-state index contributed by atoms with van der Waals surface area (Å²) in [6, 6.07) is 11.0. The predicted octanol–water partition coefficient (Wildman–Crippen LogP) is 5.98. The highest BCUT2D eigenvalue weighted by molar-refractivity contribution is 6.30. The van der Waals surface area contributed by atoms with Crippen LogP contribution in [0.4, 0.5) is 22.0 Å². The van der Waals surface area contributed by atoms with Crippen LogP contribution in [-0.2, 0) is 4.79 Å². The molecule has 4 rings (SSSR count). The van der Waals surface area contributed by atoms with Crippen molar-refractivity contribution in [2.24, 2.45) is 0 Å². The molecule has 0 N–H and O–H groups in total. The Labute approximate surface area is 209 Å². The average molecular weight is 528 g/mol. The molecular formula is C25H23ClF5N3O2. The van der Waals surface area contributed by atoms with Crippen LogP contribution in [0, 0.1) is 11.6 Å². The lowest BCUT2D eigenvalue weighted by Crippen LogP contribution is -2.39. The number of hydrogen-bond donors (Lipinski definition) is 0. The molecule has 1 aromatic heterocycles. The molecule has 0 unspecified atom stereocenters. The van der Waals surface area contributed by atoms with Crippen LogP contribution in [-0.4, -0.2) is 45.6 Å². The van der Waals surface area contributed by atoms with E-state index in [1.165, 1.54) is 24.3 Å². The van der Waals surface area contributed by atoms with Crippen molar-refractivity contribution >= 4 is 17.6 Å². The van der Waals surface area contributed by atoms with E-state index >= 15 is 0 Å². The number of hydrogen-bond acceptors (Lipinski definition) is 4. The third-order valence-electron chi connectivity index (χ3n) is 6.25. The van der Waals surface area contributed by atoms with Gasteiger partial charge in [0.05, 0.1) is 5.69 Å². The van der Waals surface area contributed by atoms with Crippen molar-refractivity contribution in [1.82, 2.24) is 14.8 Å². The van der Waals surface area contributed by atoms with Gasteiger partial charge in [0, 0.05) is 47.1 Å². The Bertz CT molecular complexity index is 1270. The second-order valence-electron chi connectivity index (χ2n) is 9.67. The fraction of sp³-hybridized carbons (Fsp3) is 0.360. The maximum Gasteiger partial charge on any atom is 0.493 e. The molecule has 0 radical (unpaired) electrons. The fourth-order valence-electron chi connectivity index (χ4n) is 4.35. The van der Waals surface area contributed by atoms with E-state index in [1.807, 2.05) is 20.8 Å². The summed E-state index contributed by atoms with van der Waals surface area (Å²) >= 11 is 5.94. The van der Waals surface area contributed by atoms with Crippen molar-refractivity contribution in [3.63, 3.8) is 0 Å². The molecule has 3 aromatic rings. The van der Waals surface area contributed by atoms with E-state index in [-0.39, 0.29) is 16.8 Å². The molecule has 192 valence electrons. The molecule has 11 heteroatoms. The highest BCUT2D eigenvalue weighted by atomic mass is 35.5. The minimum Gasteiger partial charge on any atom is -0.309 e. The van der Waals surface area contributed by atoms with E-state index in [0.29, 0.717) is 34.2 Å². The van der Waals surface area contributed by atoms with Crippen molar-refractivity contribution in [3.05, 3.63) is 76.4 Å². The molecule has 5 nitrogen and oxygen atoms in total. The van der Waals surface area contributed by atoms with Crippen LogP contribution in [0.2, 0.25) is 5.02 Å². The standard InChI is InChI=1S/C25H23ClF5N3O2/c1-24(2,3)33-12-18(17-9-8-16(27)10-20(17)28)19(13-33)21-11-22(14-4-6-15(26)7-5-14)34(32-21)36-23(35)25(29,30)31/h4-11,18-19H,12-13H2,1-3H3/t18-,19+/m0/s1. The largest absolute Gasteiger partial charge is 0.493 e. The van der Waals surface area contributed by atoms with Crippen LogP contribution < -0.4 is 4.84 Å². The van der Waals surface area contributed by atoms with Crippen LogP contribution in [0.1, 0.15) is 43.9 Å². The first-order valence-corrected chi connectivity index (χ1v) is 11.5. The number of rotatable bonds is 4. The molecule has 2 aromatic carbocycles. The lowest BCUT2D eigenvalue weighted by molar-refractivity contribution is -0.201. The summed E-state index contributed by atoms with van der Waals surface area (Å²) in [6.07, 6.45) is -5.24. The highest BCUT2D eigenvalue weighted by Crippen LogP contribution is 2.43. The molecule has 1 aliphatic rings. The monoisotopic (exact) mass is 527 g/mol. The van der Waals surface area contributed by atoms with Crippen molar-refractivity contribution in [3.8, 4) is 11.3 Å². The van der Waals surface area contributed by atoms with E-state index in [1.54, 1.807) is 12.1 Å². The SMILES string of the molecule is CC(C)(C)N1C[C@@H](c2cc(-c3ccc(Cl)cc3)n(OC(=O)C(F)(F)F)n2)[C@H](c2ccc(F)cc2F)C1. The zero-order valence-corrected chi connectivity index (χ0v) is 20.4.